The van der Waals surface area contributed by atoms with Crippen molar-refractivity contribution in [2.75, 3.05) is 0 Å². The third-order valence-electron chi connectivity index (χ3n) is 1.71. The van der Waals surface area contributed by atoms with Crippen molar-refractivity contribution in [3.05, 3.63) is 29.8 Å². The first kappa shape index (κ1) is 6.97. The molecule has 0 atom stereocenters. The van der Waals surface area contributed by atoms with Crippen LogP contribution in [0.4, 0.5) is 4.79 Å². The molecule has 1 aromatic carbocycles. The Morgan fingerprint density at radius 3 is 2.92 bits per heavy atom. The molecule has 1 heterocycles. The molecule has 0 radical (unpaired) electrons. The first-order valence-electron chi connectivity index (χ1n) is 3.54. The lowest BCUT2D eigenvalue weighted by atomic mass is 10.2. The summed E-state index contributed by atoms with van der Waals surface area (Å²) in [6, 6.07) is 7.26. The quantitative estimate of drug-likeness (QED) is 0.633. The van der Waals surface area contributed by atoms with Crippen LogP contribution >= 0.6 is 0 Å². The second-order valence-electron chi connectivity index (χ2n) is 2.52. The van der Waals surface area contributed by atoms with Gasteiger partial charge in [-0.15, -0.1) is 5.06 Å². The summed E-state index contributed by atoms with van der Waals surface area (Å²) in [6.07, 6.45) is -1.06. The summed E-state index contributed by atoms with van der Waals surface area (Å²) in [5.41, 5.74) is 0.903. The van der Waals surface area contributed by atoms with Gasteiger partial charge in [0.1, 0.15) is 0 Å². The minimum Gasteiger partial charge on any atom is -0.463 e. The van der Waals surface area contributed by atoms with Crippen molar-refractivity contribution in [3.8, 4) is 5.75 Å². The van der Waals surface area contributed by atoms with Gasteiger partial charge in [0.2, 0.25) is 0 Å². The van der Waals surface area contributed by atoms with E-state index in [0.29, 0.717) is 12.3 Å². The van der Waals surface area contributed by atoms with Gasteiger partial charge in [-0.05, 0) is 6.07 Å². The number of fused-ring (bicyclic) bond motifs is 1. The van der Waals surface area contributed by atoms with E-state index >= 15 is 0 Å². The number of benzene rings is 1. The molecule has 2 rings (SSSR count). The van der Waals surface area contributed by atoms with Gasteiger partial charge in [-0.1, -0.05) is 18.2 Å². The highest BCUT2D eigenvalue weighted by Crippen LogP contribution is 2.26. The van der Waals surface area contributed by atoms with Crippen LogP contribution in [-0.4, -0.2) is 16.3 Å². The standard InChI is InChI=1S/C8H7NO3/c10-8(11)9-5-6-3-1-2-4-7(6)12-9/h1-4H,5H2,(H,10,11). The molecule has 1 aromatic rings. The second kappa shape index (κ2) is 2.41. The molecule has 1 N–H and O–H groups in total. The molecule has 4 heteroatoms. The summed E-state index contributed by atoms with van der Waals surface area (Å²) >= 11 is 0. The van der Waals surface area contributed by atoms with Gasteiger partial charge in [-0.2, -0.15) is 0 Å². The molecule has 0 unspecified atom stereocenters. The van der Waals surface area contributed by atoms with Crippen LogP contribution in [0.25, 0.3) is 0 Å². The number of nitrogens with zero attached hydrogens (tertiary/aromatic N) is 1. The smallest absolute Gasteiger partial charge is 0.441 e. The van der Waals surface area contributed by atoms with E-state index in [1.54, 1.807) is 6.07 Å². The van der Waals surface area contributed by atoms with Gasteiger partial charge in [0.15, 0.2) is 5.75 Å². The molecular weight excluding hydrogens is 158 g/mol. The zero-order valence-electron chi connectivity index (χ0n) is 6.23. The normalized spacial score (nSPS) is 13.8. The molecule has 1 amide bonds. The molecule has 62 valence electrons. The molecule has 1 aliphatic rings. The minimum absolute atomic E-state index is 0.311. The Bertz CT molecular complexity index is 299. The maximum absolute atomic E-state index is 10.5. The summed E-state index contributed by atoms with van der Waals surface area (Å²) in [7, 11) is 0. The molecule has 1 aliphatic heterocycles. The summed E-state index contributed by atoms with van der Waals surface area (Å²) in [5, 5.41) is 9.49. The third-order valence-corrected chi connectivity index (χ3v) is 1.71. The summed E-state index contributed by atoms with van der Waals surface area (Å²) in [6.45, 7) is 0.311. The fourth-order valence-corrected chi connectivity index (χ4v) is 1.14. The molecule has 0 saturated heterocycles. The maximum atomic E-state index is 10.5. The van der Waals surface area contributed by atoms with Crippen molar-refractivity contribution < 1.29 is 14.7 Å². The zero-order valence-corrected chi connectivity index (χ0v) is 6.23. The average molecular weight is 165 g/mol. The van der Waals surface area contributed by atoms with E-state index < -0.39 is 6.09 Å². The highest BCUT2D eigenvalue weighted by Gasteiger charge is 2.24. The van der Waals surface area contributed by atoms with Crippen LogP contribution in [0.1, 0.15) is 5.56 Å². The van der Waals surface area contributed by atoms with Crippen molar-refractivity contribution in [2.45, 2.75) is 6.54 Å². The molecule has 0 aromatic heterocycles. The Morgan fingerprint density at radius 1 is 1.50 bits per heavy atom. The van der Waals surface area contributed by atoms with E-state index in [4.69, 9.17) is 9.94 Å². The van der Waals surface area contributed by atoms with E-state index in [0.717, 1.165) is 10.6 Å². The predicted molar refractivity (Wildman–Crippen MR) is 40.6 cm³/mol. The first-order chi connectivity index (χ1) is 5.77. The second-order valence-corrected chi connectivity index (χ2v) is 2.52. The van der Waals surface area contributed by atoms with Crippen molar-refractivity contribution in [3.63, 3.8) is 0 Å². The number of hydroxylamine groups is 2. The van der Waals surface area contributed by atoms with Crippen molar-refractivity contribution in [2.24, 2.45) is 0 Å². The number of hydrogen-bond donors (Lipinski definition) is 1. The van der Waals surface area contributed by atoms with E-state index in [2.05, 4.69) is 0 Å². The summed E-state index contributed by atoms with van der Waals surface area (Å²) < 4.78 is 0. The van der Waals surface area contributed by atoms with Gasteiger partial charge in [0, 0.05) is 5.56 Å². The van der Waals surface area contributed by atoms with E-state index in [9.17, 15) is 4.79 Å². The Labute approximate surface area is 68.9 Å². The van der Waals surface area contributed by atoms with Gasteiger partial charge in [0.05, 0.1) is 6.54 Å². The monoisotopic (exact) mass is 165 g/mol. The minimum atomic E-state index is -1.06. The predicted octanol–water partition coefficient (Wildman–Crippen LogP) is 1.47. The number of rotatable bonds is 0. The van der Waals surface area contributed by atoms with Crippen molar-refractivity contribution in [1.29, 1.82) is 0 Å². The Kier molecular flexibility index (Phi) is 1.40. The Balaban J connectivity index is 2.27. The van der Waals surface area contributed by atoms with Gasteiger partial charge >= 0.3 is 6.09 Å². The molecule has 4 nitrogen and oxygen atoms in total. The van der Waals surface area contributed by atoms with Gasteiger partial charge < -0.3 is 9.94 Å². The van der Waals surface area contributed by atoms with Crippen molar-refractivity contribution in [1.82, 2.24) is 5.06 Å². The average Bonchev–Trinajstić information content (AvgIpc) is 2.46. The molecule has 0 fully saturated rings. The van der Waals surface area contributed by atoms with E-state index in [1.807, 2.05) is 18.2 Å². The SMILES string of the molecule is O=C(O)N1Cc2ccccc2O1. The topological polar surface area (TPSA) is 49.8 Å². The van der Waals surface area contributed by atoms with Crippen LogP contribution in [0, 0.1) is 0 Å². The molecule has 0 saturated carbocycles. The van der Waals surface area contributed by atoms with Crippen LogP contribution in [-0.2, 0) is 6.54 Å². The van der Waals surface area contributed by atoms with E-state index in [1.165, 1.54) is 0 Å². The number of para-hydroxylation sites is 1. The summed E-state index contributed by atoms with van der Waals surface area (Å²) in [5.74, 6) is 0.625. The number of amides is 1. The number of hydrogen-bond acceptors (Lipinski definition) is 2. The third kappa shape index (κ3) is 0.972. The van der Waals surface area contributed by atoms with Crippen LogP contribution in [0.15, 0.2) is 24.3 Å². The first-order valence-corrected chi connectivity index (χ1v) is 3.54. The summed E-state index contributed by atoms with van der Waals surface area (Å²) in [4.78, 5) is 15.5. The van der Waals surface area contributed by atoms with Crippen molar-refractivity contribution >= 4 is 6.09 Å². The van der Waals surface area contributed by atoms with Crippen LogP contribution in [0.3, 0.4) is 0 Å². The van der Waals surface area contributed by atoms with Gasteiger partial charge in [0.25, 0.3) is 0 Å². The van der Waals surface area contributed by atoms with Crippen LogP contribution < -0.4 is 4.84 Å². The van der Waals surface area contributed by atoms with Crippen LogP contribution in [0.2, 0.25) is 0 Å². The lowest BCUT2D eigenvalue weighted by Crippen LogP contribution is -2.27. The molecule has 0 bridgehead atoms. The maximum Gasteiger partial charge on any atom is 0.441 e. The molecule has 12 heavy (non-hydrogen) atoms. The van der Waals surface area contributed by atoms with Crippen LogP contribution in [0.5, 0.6) is 5.75 Å². The highest BCUT2D eigenvalue weighted by atomic mass is 16.7. The molecule has 0 aliphatic carbocycles. The van der Waals surface area contributed by atoms with Gasteiger partial charge in [-0.3, -0.25) is 0 Å². The largest absolute Gasteiger partial charge is 0.463 e. The number of carbonyl (C=O) groups is 1. The highest BCUT2D eigenvalue weighted by molar-refractivity contribution is 5.65. The molecular formula is C8H7NO3. The number of carboxylic acid groups (broad SMARTS) is 1. The van der Waals surface area contributed by atoms with Gasteiger partial charge in [-0.25, -0.2) is 4.79 Å². The fourth-order valence-electron chi connectivity index (χ4n) is 1.14. The zero-order chi connectivity index (χ0) is 8.55. The Morgan fingerprint density at radius 2 is 2.25 bits per heavy atom. The Hall–Kier alpha value is -1.71. The lowest BCUT2D eigenvalue weighted by Gasteiger charge is -2.08. The fraction of sp³-hybridized carbons (Fsp3) is 0.125. The van der Waals surface area contributed by atoms with E-state index in [-0.39, 0.29) is 0 Å². The lowest BCUT2D eigenvalue weighted by molar-refractivity contribution is -0.0216. The molecule has 0 spiro atoms.